The van der Waals surface area contributed by atoms with Gasteiger partial charge in [-0.1, -0.05) is 34.6 Å². The first-order chi connectivity index (χ1) is 25.1. The van der Waals surface area contributed by atoms with Gasteiger partial charge < -0.3 is 54.5 Å². The Balaban J connectivity index is 0.000000223. The van der Waals surface area contributed by atoms with Crippen LogP contribution in [-0.4, -0.2) is 135 Å². The lowest BCUT2D eigenvalue weighted by Gasteiger charge is -2.60. The van der Waals surface area contributed by atoms with Gasteiger partial charge in [0.05, 0.1) is 18.1 Å². The summed E-state index contributed by atoms with van der Waals surface area (Å²) in [4.78, 5) is 21.7. The number of hydrogen-bond donors (Lipinski definition) is 7. The number of ether oxygens (including phenoxy) is 2. The number of nitrogens with one attached hydrogen (secondary N) is 1. The number of nitriles is 1. The summed E-state index contributed by atoms with van der Waals surface area (Å²) >= 11 is 1.33. The summed E-state index contributed by atoms with van der Waals surface area (Å²) in [6.07, 6.45) is 1.09. The van der Waals surface area contributed by atoms with E-state index < -0.39 is 81.4 Å². The Kier molecular flexibility index (Phi) is 10.1. The molecular formula is C36H56N5O11PS. The highest BCUT2D eigenvalue weighted by molar-refractivity contribution is 8.56. The van der Waals surface area contributed by atoms with E-state index in [4.69, 9.17) is 19.3 Å². The molecule has 1 unspecified atom stereocenters. The highest BCUT2D eigenvalue weighted by atomic mass is 32.7. The minimum Gasteiger partial charge on any atom is -0.451 e. The Morgan fingerprint density at radius 3 is 2.44 bits per heavy atom. The molecule has 54 heavy (non-hydrogen) atoms. The zero-order valence-corrected chi connectivity index (χ0v) is 34.0. The number of carbonyl (C=O) groups excluding carboxylic acids is 1. The molecular weight excluding hydrogens is 741 g/mol. The SMILES string of the molecule is CC(C)[C@@]1(O)[C@@H](OC(=O)c2ccc[nH]2)[C@@]2(O)[C@@]3(C)C[C@]4(O)O[C@@]5([C@H](O)[C@@H](C)CC[C@]35O)[C@@]2(O)[C@@]14C.CCCSP(=O)(OCC)N1CCN(CC)C1=NC#N. The number of H-pyrrole nitrogens is 1. The largest absolute Gasteiger partial charge is 0.451 e. The Bertz CT molecular complexity index is 1770. The summed E-state index contributed by atoms with van der Waals surface area (Å²) in [5.41, 5.74) is -15.2. The van der Waals surface area contributed by atoms with Crippen molar-refractivity contribution >= 4 is 30.0 Å². The van der Waals surface area contributed by atoms with E-state index in [0.29, 0.717) is 25.5 Å². The maximum absolute atomic E-state index is 13.2. The first-order valence-electron chi connectivity index (χ1n) is 18.9. The van der Waals surface area contributed by atoms with Gasteiger partial charge in [0.1, 0.15) is 28.1 Å². The number of carbonyl (C=O) groups is 1. The maximum Gasteiger partial charge on any atom is 0.355 e. The van der Waals surface area contributed by atoms with Crippen molar-refractivity contribution in [2.45, 2.75) is 127 Å². The second-order valence-electron chi connectivity index (χ2n) is 16.3. The summed E-state index contributed by atoms with van der Waals surface area (Å²) in [6.45, 7) is 13.2. The van der Waals surface area contributed by atoms with Gasteiger partial charge in [-0.2, -0.15) is 5.26 Å². The molecule has 8 rings (SSSR count). The third-order valence-electron chi connectivity index (χ3n) is 14.0. The summed E-state index contributed by atoms with van der Waals surface area (Å²) in [7, 11) is 0. The van der Waals surface area contributed by atoms with Gasteiger partial charge in [-0.05, 0) is 75.4 Å². The fourth-order valence-corrected chi connectivity index (χ4v) is 15.9. The monoisotopic (exact) mass is 797 g/mol. The topological polar surface area (TPSA) is 242 Å². The van der Waals surface area contributed by atoms with Crippen LogP contribution in [0.3, 0.4) is 0 Å². The number of aliphatic imine (C=N–C) groups is 1. The third-order valence-corrected chi connectivity index (χ3v) is 18.9. The van der Waals surface area contributed by atoms with E-state index in [1.807, 2.05) is 25.7 Å². The number of nitrogens with zero attached hydrogens (tertiary/aromatic N) is 4. The Hall–Kier alpha value is -2.23. The Morgan fingerprint density at radius 2 is 1.89 bits per heavy atom. The second-order valence-corrected chi connectivity index (χ2v) is 20.8. The molecule has 7 N–H and O–H groups in total. The number of aliphatic hydroxyl groups is 6. The van der Waals surface area contributed by atoms with E-state index in [1.54, 1.807) is 37.7 Å². The van der Waals surface area contributed by atoms with Crippen LogP contribution >= 0.6 is 18.1 Å². The number of hydrogen-bond acceptors (Lipinski definition) is 14. The molecule has 1 spiro atoms. The van der Waals surface area contributed by atoms with Gasteiger partial charge >= 0.3 is 12.7 Å². The molecule has 0 radical (unpaired) electrons. The summed E-state index contributed by atoms with van der Waals surface area (Å²) < 4.78 is 32.2. The van der Waals surface area contributed by atoms with Crippen molar-refractivity contribution in [3.05, 3.63) is 24.0 Å². The average Bonchev–Trinajstić information content (AvgIpc) is 3.87. The summed E-state index contributed by atoms with van der Waals surface area (Å²) in [6, 6.07) is 3.06. The van der Waals surface area contributed by atoms with E-state index >= 15 is 0 Å². The van der Waals surface area contributed by atoms with E-state index in [2.05, 4.69) is 9.98 Å². The predicted molar refractivity (Wildman–Crippen MR) is 198 cm³/mol. The zero-order valence-electron chi connectivity index (χ0n) is 32.3. The van der Waals surface area contributed by atoms with Crippen LogP contribution in [0.2, 0.25) is 0 Å². The Labute approximate surface area is 320 Å². The highest BCUT2D eigenvalue weighted by Crippen LogP contribution is 2.90. The van der Waals surface area contributed by atoms with Gasteiger partial charge in [0, 0.05) is 43.4 Å². The predicted octanol–water partition coefficient (Wildman–Crippen LogP) is 2.56. The van der Waals surface area contributed by atoms with Gasteiger partial charge in [0.2, 0.25) is 12.2 Å². The van der Waals surface area contributed by atoms with Crippen LogP contribution < -0.4 is 0 Å². The molecule has 0 amide bonds. The van der Waals surface area contributed by atoms with Gasteiger partial charge in [-0.3, -0.25) is 9.24 Å². The molecule has 18 heteroatoms. The van der Waals surface area contributed by atoms with Crippen molar-refractivity contribution < 1.29 is 54.0 Å². The number of aliphatic hydroxyl groups excluding tert-OH is 1. The smallest absolute Gasteiger partial charge is 0.355 e. The van der Waals surface area contributed by atoms with E-state index in [1.165, 1.54) is 37.5 Å². The molecule has 1 aromatic heterocycles. The van der Waals surface area contributed by atoms with Crippen LogP contribution in [0, 0.1) is 34.1 Å². The molecule has 4 heterocycles. The van der Waals surface area contributed by atoms with Crippen LogP contribution in [0.4, 0.5) is 0 Å². The molecule has 12 atom stereocenters. The molecule has 16 nitrogen and oxygen atoms in total. The molecule has 7 aliphatic rings. The molecule has 1 aromatic rings. The molecule has 4 saturated carbocycles. The lowest BCUT2D eigenvalue weighted by Crippen LogP contribution is -2.75. The molecule has 7 fully saturated rings. The normalized spacial score (nSPS) is 46.0. The van der Waals surface area contributed by atoms with Crippen molar-refractivity contribution in [3.63, 3.8) is 0 Å². The minimum absolute atomic E-state index is 0.0654. The van der Waals surface area contributed by atoms with Crippen LogP contribution in [0.1, 0.15) is 91.6 Å². The first-order valence-corrected chi connectivity index (χ1v) is 22.0. The molecule has 3 aliphatic heterocycles. The van der Waals surface area contributed by atoms with E-state index in [0.717, 1.165) is 25.3 Å². The van der Waals surface area contributed by atoms with Crippen molar-refractivity contribution in [1.82, 2.24) is 14.6 Å². The zero-order chi connectivity index (χ0) is 40.1. The van der Waals surface area contributed by atoms with Crippen LogP contribution in [-0.2, 0) is 18.6 Å². The van der Waals surface area contributed by atoms with Crippen LogP contribution in [0.15, 0.2) is 23.3 Å². The number of aromatic nitrogens is 1. The number of rotatable bonds is 10. The van der Waals surface area contributed by atoms with Crippen molar-refractivity contribution in [3.8, 4) is 6.19 Å². The van der Waals surface area contributed by atoms with Crippen LogP contribution in [0.25, 0.3) is 0 Å². The lowest BCUT2D eigenvalue weighted by molar-refractivity contribution is -0.390. The standard InChI is InChI=1S/C25H35NO9.C11H21N4O2PS/c1-12(2)22(31)17(34-16(28)14-7-6-10-26-14)23(32)18(4)11-21(30)19(22,5)25(23,33)24(35-21)15(27)13(3)8-9-20(18,24)29;1-4-9-19-18(16,17-6-3)15-8-7-14(5-2)11(15)13-10-12/h6-7,10,12-13,15,17,26-27,29-33H,8-9,11H2,1-5H3;4-9H2,1-3H3/t13-,15+,17+,18-,19+,20-,21-,22+,23+,24+,25+;/m0./s1. The van der Waals surface area contributed by atoms with Gasteiger partial charge in [-0.15, -0.1) is 4.99 Å². The van der Waals surface area contributed by atoms with Crippen molar-refractivity contribution in [2.24, 2.45) is 27.7 Å². The number of likely N-dealkylation sites (N-methyl/N-ethyl adjacent to an activating group) is 1. The van der Waals surface area contributed by atoms with E-state index in [-0.39, 0.29) is 18.5 Å². The van der Waals surface area contributed by atoms with Crippen molar-refractivity contribution in [1.29, 1.82) is 5.26 Å². The van der Waals surface area contributed by atoms with Gasteiger partial charge in [-0.25, -0.2) is 4.79 Å². The van der Waals surface area contributed by atoms with Gasteiger partial charge in [0.25, 0.3) is 0 Å². The van der Waals surface area contributed by atoms with Gasteiger partial charge in [0.15, 0.2) is 17.5 Å². The van der Waals surface area contributed by atoms with E-state index in [9.17, 15) is 40.0 Å². The molecule has 302 valence electrons. The fourth-order valence-electron chi connectivity index (χ4n) is 11.4. The fraction of sp³-hybridized carbons (Fsp3) is 0.806. The summed E-state index contributed by atoms with van der Waals surface area (Å²) in [5, 5.41) is 82.7. The minimum atomic E-state index is -2.99. The molecule has 3 saturated heterocycles. The molecule has 4 aliphatic carbocycles. The molecule has 6 bridgehead atoms. The highest BCUT2D eigenvalue weighted by Gasteiger charge is 3.10. The van der Waals surface area contributed by atoms with Crippen molar-refractivity contribution in [2.75, 3.05) is 32.0 Å². The quantitative estimate of drug-likeness (QED) is 0.102. The second kappa shape index (κ2) is 13.2. The number of aromatic amines is 1. The van der Waals surface area contributed by atoms with Crippen LogP contribution in [0.5, 0.6) is 0 Å². The lowest BCUT2D eigenvalue weighted by atomic mass is 9.52. The molecule has 0 aromatic carbocycles. The average molecular weight is 798 g/mol. The maximum atomic E-state index is 13.2. The Morgan fingerprint density at radius 1 is 1.20 bits per heavy atom. The first kappa shape index (κ1) is 41.4. The third kappa shape index (κ3) is 4.41. The number of guanidine groups is 1. The number of esters is 1. The summed E-state index contributed by atoms with van der Waals surface area (Å²) in [5.74, 6) is -3.10.